The van der Waals surface area contributed by atoms with Gasteiger partial charge in [0.15, 0.2) is 0 Å². The normalized spacial score (nSPS) is 12.2. The molecular weight excluding hydrogens is 400 g/mol. The van der Waals surface area contributed by atoms with Gasteiger partial charge in [-0.15, -0.1) is 13.1 Å². The molecule has 0 saturated carbocycles. The molecule has 0 atom stereocenters. The number of aliphatic hydroxyl groups excluding tert-OH is 1. The zero-order chi connectivity index (χ0) is 12.9. The van der Waals surface area contributed by atoms with Crippen molar-refractivity contribution in [1.82, 2.24) is 4.98 Å². The molecule has 1 fully saturated rings. The quantitative estimate of drug-likeness (QED) is 0.797. The molecule has 0 radical (unpaired) electrons. The summed E-state index contributed by atoms with van der Waals surface area (Å²) in [6.45, 7) is 6.28. The second-order valence-corrected chi connectivity index (χ2v) is 3.24. The Morgan fingerprint density at radius 3 is 2.33 bits per heavy atom. The molecule has 0 aromatic carbocycles. The minimum absolute atomic E-state index is 0. The molecule has 1 N–H and O–H groups in total. The molecule has 0 amide bonds. The van der Waals surface area contributed by atoms with E-state index in [1.165, 1.54) is 12.8 Å². The summed E-state index contributed by atoms with van der Waals surface area (Å²) >= 11 is 0. The summed E-state index contributed by atoms with van der Waals surface area (Å²) in [5.74, 6) is 0.534. The van der Waals surface area contributed by atoms with Crippen LogP contribution in [0.25, 0.3) is 5.32 Å². The van der Waals surface area contributed by atoms with Crippen LogP contribution < -0.4 is 4.74 Å². The van der Waals surface area contributed by atoms with Crippen LogP contribution in [0.15, 0.2) is 18.3 Å². The first-order chi connectivity index (χ1) is 8.36. The molecule has 0 unspecified atom stereocenters. The van der Waals surface area contributed by atoms with Crippen LogP contribution in [0.1, 0.15) is 32.3 Å². The van der Waals surface area contributed by atoms with E-state index in [-0.39, 0.29) is 27.7 Å². The molecule has 1 aliphatic heterocycles. The Morgan fingerprint density at radius 1 is 1.33 bits per heavy atom. The number of rotatable bonds is 2. The van der Waals surface area contributed by atoms with E-state index in [9.17, 15) is 0 Å². The fourth-order valence-corrected chi connectivity index (χ4v) is 1.22. The smallest absolute Gasteiger partial charge is 0.213 e. The van der Waals surface area contributed by atoms with Gasteiger partial charge in [-0.25, -0.2) is 4.98 Å². The molecule has 104 valence electrons. The van der Waals surface area contributed by atoms with Crippen LogP contribution in [0.5, 0.6) is 5.88 Å². The first kappa shape index (κ1) is 19.9. The van der Waals surface area contributed by atoms with Crippen molar-refractivity contribution in [3.05, 3.63) is 29.2 Å². The molecule has 1 aromatic rings. The van der Waals surface area contributed by atoms with Crippen molar-refractivity contribution in [1.29, 1.82) is 0 Å². The molecule has 1 saturated heterocycles. The van der Waals surface area contributed by atoms with E-state index in [1.54, 1.807) is 25.4 Å². The number of ether oxygens (including phenoxy) is 1. The second-order valence-electron chi connectivity index (χ2n) is 3.24. The Balaban J connectivity index is 0. The fraction of sp³-hybridized carbons (Fsp3) is 0.615. The number of methoxy groups -OCH3 is 1. The summed E-state index contributed by atoms with van der Waals surface area (Å²) in [7, 11) is 1.55. The number of hydrogen-bond donors (Lipinski definition) is 1. The van der Waals surface area contributed by atoms with Crippen molar-refractivity contribution in [3.63, 3.8) is 0 Å². The van der Waals surface area contributed by atoms with Crippen LogP contribution >= 0.6 is 0 Å². The molecule has 0 bridgehead atoms. The van der Waals surface area contributed by atoms with Gasteiger partial charge in [0.05, 0.1) is 13.7 Å². The maximum atomic E-state index is 8.67. The van der Waals surface area contributed by atoms with E-state index in [0.717, 1.165) is 18.7 Å². The average molecular weight is 423 g/mol. The third-order valence-corrected chi connectivity index (χ3v) is 2.07. The van der Waals surface area contributed by atoms with E-state index >= 15 is 0 Å². The average Bonchev–Trinajstić information content (AvgIpc) is 3.00. The van der Waals surface area contributed by atoms with Crippen molar-refractivity contribution >= 4 is 0 Å². The fourth-order valence-electron chi connectivity index (χ4n) is 1.22. The largest absolute Gasteiger partial charge is 0.662 e. The van der Waals surface area contributed by atoms with E-state index in [0.29, 0.717) is 5.88 Å². The van der Waals surface area contributed by atoms with Crippen molar-refractivity contribution < 1.29 is 30.9 Å². The topological polar surface area (TPSA) is 56.5 Å². The molecule has 2 heterocycles. The van der Waals surface area contributed by atoms with Crippen molar-refractivity contribution in [2.24, 2.45) is 0 Å². The van der Waals surface area contributed by atoms with E-state index < -0.39 is 0 Å². The molecule has 0 aliphatic carbocycles. The van der Waals surface area contributed by atoms with Crippen molar-refractivity contribution in [3.8, 4) is 5.88 Å². The second kappa shape index (κ2) is 14.6. The number of nitrogens with zero attached hydrogens (tertiary/aromatic N) is 2. The number of aromatic nitrogens is 1. The Kier molecular flexibility index (Phi) is 16.2. The van der Waals surface area contributed by atoms with E-state index in [1.807, 2.05) is 13.8 Å². The summed E-state index contributed by atoms with van der Waals surface area (Å²) in [4.78, 5) is 3.87. The summed E-state index contributed by atoms with van der Waals surface area (Å²) in [6.07, 6.45) is 4.27. The maximum absolute atomic E-state index is 8.67. The van der Waals surface area contributed by atoms with Gasteiger partial charge < -0.3 is 15.2 Å². The van der Waals surface area contributed by atoms with E-state index in [2.05, 4.69) is 10.3 Å². The zero-order valence-corrected chi connectivity index (χ0v) is 14.4. The third-order valence-electron chi connectivity index (χ3n) is 2.07. The molecular formula is C13H23N2O2W-. The summed E-state index contributed by atoms with van der Waals surface area (Å²) in [6, 6.07) is 3.43. The van der Waals surface area contributed by atoms with Crippen LogP contribution in [-0.4, -0.2) is 30.3 Å². The summed E-state index contributed by atoms with van der Waals surface area (Å²) in [5.41, 5.74) is 0.812. The first-order valence-corrected chi connectivity index (χ1v) is 6.10. The predicted molar refractivity (Wildman–Crippen MR) is 70.4 cm³/mol. The first-order valence-electron chi connectivity index (χ1n) is 6.10. The van der Waals surface area contributed by atoms with Crippen LogP contribution in [-0.2, 0) is 27.7 Å². The number of aliphatic hydroxyl groups is 1. The SMILES string of the molecule is C1CC[N-]C1.CC.COc1cc(CO)ccn1.[W]. The number of pyridine rings is 1. The molecule has 2 rings (SSSR count). The van der Waals surface area contributed by atoms with Gasteiger partial charge in [0, 0.05) is 33.3 Å². The monoisotopic (exact) mass is 423 g/mol. The van der Waals surface area contributed by atoms with Crippen molar-refractivity contribution in [2.45, 2.75) is 33.3 Å². The van der Waals surface area contributed by atoms with Gasteiger partial charge in [0.2, 0.25) is 5.88 Å². The van der Waals surface area contributed by atoms with Crippen LogP contribution in [0.4, 0.5) is 0 Å². The Labute approximate surface area is 124 Å². The van der Waals surface area contributed by atoms with Gasteiger partial charge in [-0.3, -0.25) is 0 Å². The Hall–Kier alpha value is -0.442. The van der Waals surface area contributed by atoms with Gasteiger partial charge in [0.25, 0.3) is 0 Å². The summed E-state index contributed by atoms with van der Waals surface area (Å²) < 4.78 is 4.83. The third kappa shape index (κ3) is 9.57. The molecule has 0 spiro atoms. The Bertz CT molecular complexity index is 255. The summed E-state index contributed by atoms with van der Waals surface area (Å²) in [5, 5.41) is 12.8. The van der Waals surface area contributed by atoms with Gasteiger partial charge in [-0.1, -0.05) is 26.7 Å². The molecule has 18 heavy (non-hydrogen) atoms. The minimum Gasteiger partial charge on any atom is -0.662 e. The molecule has 5 heteroatoms. The van der Waals surface area contributed by atoms with Gasteiger partial charge in [-0.05, 0) is 11.6 Å². The molecule has 4 nitrogen and oxygen atoms in total. The Morgan fingerprint density at radius 2 is 1.94 bits per heavy atom. The van der Waals surface area contributed by atoms with Gasteiger partial charge >= 0.3 is 0 Å². The van der Waals surface area contributed by atoms with Gasteiger partial charge in [0.1, 0.15) is 0 Å². The van der Waals surface area contributed by atoms with Gasteiger partial charge in [-0.2, -0.15) is 0 Å². The predicted octanol–water partition coefficient (Wildman–Crippen LogP) is 2.76. The van der Waals surface area contributed by atoms with E-state index in [4.69, 9.17) is 9.84 Å². The maximum Gasteiger partial charge on any atom is 0.213 e. The molecule has 1 aromatic heterocycles. The van der Waals surface area contributed by atoms with Crippen LogP contribution in [0.3, 0.4) is 0 Å². The van der Waals surface area contributed by atoms with Crippen LogP contribution in [0, 0.1) is 0 Å². The molecule has 1 aliphatic rings. The minimum atomic E-state index is 0. The van der Waals surface area contributed by atoms with Crippen molar-refractivity contribution in [2.75, 3.05) is 20.2 Å². The number of hydrogen-bond acceptors (Lipinski definition) is 3. The standard InChI is InChI=1S/C7H9NO2.C4H8N.C2H6.W/c1-10-7-4-6(5-9)2-3-8-7;1-2-4-5-3-1;1-2;/h2-4,9H,5H2,1H3;1-4H2;1-2H3;/q;-1;;. The zero-order valence-electron chi connectivity index (χ0n) is 11.4. The van der Waals surface area contributed by atoms with Crippen LogP contribution in [0.2, 0.25) is 0 Å².